The van der Waals surface area contributed by atoms with Gasteiger partial charge in [0, 0.05) is 17.2 Å². The third-order valence-corrected chi connectivity index (χ3v) is 4.11. The van der Waals surface area contributed by atoms with Crippen LogP contribution in [0.3, 0.4) is 0 Å². The molecular weight excluding hydrogens is 367 g/mol. The van der Waals surface area contributed by atoms with Gasteiger partial charge in [-0.1, -0.05) is 37.0 Å². The van der Waals surface area contributed by atoms with Crippen molar-refractivity contribution in [3.05, 3.63) is 49.7 Å². The molecule has 7 nitrogen and oxygen atoms in total. The number of amides is 1. The molecule has 0 bridgehead atoms. The summed E-state index contributed by atoms with van der Waals surface area (Å²) < 4.78 is 5.65. The number of halogens is 2. The van der Waals surface area contributed by atoms with Crippen molar-refractivity contribution >= 4 is 34.9 Å². The molecule has 1 amide bonds. The molecule has 0 radical (unpaired) electrons. The largest absolute Gasteiger partial charge is 0.434 e. The number of carbonyl (C=O) groups excluding carboxylic acids is 1. The number of hydrogen-bond acceptors (Lipinski definition) is 5. The lowest BCUT2D eigenvalue weighted by atomic mass is 10.1. The van der Waals surface area contributed by atoms with Crippen LogP contribution in [0.1, 0.15) is 30.9 Å². The minimum absolute atomic E-state index is 0.00593. The van der Waals surface area contributed by atoms with Crippen LogP contribution in [0.2, 0.25) is 10.0 Å². The molecule has 2 heterocycles. The predicted octanol–water partition coefficient (Wildman–Crippen LogP) is 2.87. The monoisotopic (exact) mass is 380 g/mol. The van der Waals surface area contributed by atoms with Crippen LogP contribution >= 0.6 is 23.2 Å². The summed E-state index contributed by atoms with van der Waals surface area (Å²) in [7, 11) is 0. The SMILES string of the molecule is CC(C)c1cc(Oc2c(Cl)cc(C3=NCC(=O)N3)cc2Cl)n[nH]c1=O. The van der Waals surface area contributed by atoms with Gasteiger partial charge < -0.3 is 10.1 Å². The van der Waals surface area contributed by atoms with Gasteiger partial charge in [0.05, 0.1) is 10.0 Å². The number of H-pyrrole nitrogens is 1. The molecule has 0 saturated heterocycles. The van der Waals surface area contributed by atoms with E-state index in [1.54, 1.807) is 18.2 Å². The quantitative estimate of drug-likeness (QED) is 0.851. The number of nitrogens with zero attached hydrogens (tertiary/aromatic N) is 2. The van der Waals surface area contributed by atoms with Crippen molar-refractivity contribution in [2.45, 2.75) is 19.8 Å². The molecular formula is C16H14Cl2N4O3. The van der Waals surface area contributed by atoms with Gasteiger partial charge in [-0.05, 0) is 18.1 Å². The number of nitrogens with one attached hydrogen (secondary N) is 2. The zero-order chi connectivity index (χ0) is 18.1. The molecule has 0 spiro atoms. The smallest absolute Gasteiger partial charge is 0.267 e. The number of amidine groups is 1. The van der Waals surface area contributed by atoms with Gasteiger partial charge in [0.25, 0.3) is 5.56 Å². The second-order valence-corrected chi connectivity index (χ2v) is 6.54. The lowest BCUT2D eigenvalue weighted by Gasteiger charge is -2.12. The average molecular weight is 381 g/mol. The zero-order valence-electron chi connectivity index (χ0n) is 13.4. The Bertz CT molecular complexity index is 914. The molecule has 2 aromatic rings. The number of benzene rings is 1. The lowest BCUT2D eigenvalue weighted by molar-refractivity contribution is -0.117. The average Bonchev–Trinajstić information content (AvgIpc) is 2.98. The molecule has 9 heteroatoms. The fourth-order valence-electron chi connectivity index (χ4n) is 2.31. The van der Waals surface area contributed by atoms with E-state index in [1.165, 1.54) is 0 Å². The summed E-state index contributed by atoms with van der Waals surface area (Å²) in [6.07, 6.45) is 0. The van der Waals surface area contributed by atoms with E-state index < -0.39 is 0 Å². The molecule has 0 fully saturated rings. The molecule has 0 saturated carbocycles. The van der Waals surface area contributed by atoms with Crippen LogP contribution in [0, 0.1) is 0 Å². The Kier molecular flexibility index (Phi) is 4.78. The summed E-state index contributed by atoms with van der Waals surface area (Å²) >= 11 is 12.5. The first-order valence-corrected chi connectivity index (χ1v) is 8.22. The summed E-state index contributed by atoms with van der Waals surface area (Å²) in [6.45, 7) is 3.85. The maximum Gasteiger partial charge on any atom is 0.267 e. The molecule has 3 rings (SSSR count). The molecule has 0 atom stereocenters. The molecule has 130 valence electrons. The molecule has 1 aliphatic heterocycles. The molecule has 1 aromatic carbocycles. The first-order chi connectivity index (χ1) is 11.8. The van der Waals surface area contributed by atoms with Crippen molar-refractivity contribution in [2.75, 3.05) is 6.54 Å². The van der Waals surface area contributed by atoms with Crippen LogP contribution < -0.4 is 15.6 Å². The third-order valence-electron chi connectivity index (χ3n) is 3.55. The van der Waals surface area contributed by atoms with Crippen LogP contribution in [-0.4, -0.2) is 28.5 Å². The topological polar surface area (TPSA) is 96.4 Å². The first kappa shape index (κ1) is 17.4. The number of aliphatic imine (C=N–C) groups is 1. The summed E-state index contributed by atoms with van der Waals surface area (Å²) in [6, 6.07) is 4.72. The fourth-order valence-corrected chi connectivity index (χ4v) is 2.87. The van der Waals surface area contributed by atoms with E-state index in [2.05, 4.69) is 20.5 Å². The molecule has 0 unspecified atom stereocenters. The van der Waals surface area contributed by atoms with E-state index in [1.807, 2.05) is 13.8 Å². The van der Waals surface area contributed by atoms with Gasteiger partial charge in [-0.2, -0.15) is 0 Å². The summed E-state index contributed by atoms with van der Waals surface area (Å²) in [5, 5.41) is 9.31. The molecule has 0 aliphatic carbocycles. The van der Waals surface area contributed by atoms with Crippen molar-refractivity contribution in [3.63, 3.8) is 0 Å². The van der Waals surface area contributed by atoms with Gasteiger partial charge in [0.1, 0.15) is 12.4 Å². The van der Waals surface area contributed by atoms with E-state index in [0.29, 0.717) is 17.0 Å². The molecule has 2 N–H and O–H groups in total. The minimum atomic E-state index is -0.273. The summed E-state index contributed by atoms with van der Waals surface area (Å²) in [5.74, 6) is 0.592. The number of carbonyl (C=O) groups is 1. The van der Waals surface area contributed by atoms with Crippen molar-refractivity contribution in [1.29, 1.82) is 0 Å². The summed E-state index contributed by atoms with van der Waals surface area (Å²) in [5.41, 5.74) is 0.840. The lowest BCUT2D eigenvalue weighted by Crippen LogP contribution is -2.25. The second kappa shape index (κ2) is 6.85. The van der Waals surface area contributed by atoms with Crippen LogP contribution in [-0.2, 0) is 4.79 Å². The van der Waals surface area contributed by atoms with E-state index in [9.17, 15) is 9.59 Å². The highest BCUT2D eigenvalue weighted by molar-refractivity contribution is 6.38. The molecule has 1 aliphatic rings. The fraction of sp³-hybridized carbons (Fsp3) is 0.250. The van der Waals surface area contributed by atoms with E-state index in [0.717, 1.165) is 0 Å². The highest BCUT2D eigenvalue weighted by atomic mass is 35.5. The van der Waals surface area contributed by atoms with Crippen LogP contribution in [0.4, 0.5) is 0 Å². The Morgan fingerprint density at radius 3 is 2.40 bits per heavy atom. The zero-order valence-corrected chi connectivity index (χ0v) is 14.9. The molecule has 25 heavy (non-hydrogen) atoms. The minimum Gasteiger partial charge on any atom is -0.434 e. The standard InChI is InChI=1S/C16H14Cl2N4O3/c1-7(2)9-5-13(21-22-16(9)24)25-14-10(17)3-8(4-11(14)18)15-19-6-12(23)20-15/h3-5,7H,6H2,1-2H3,(H,22,24)(H,19,20,23). The van der Waals surface area contributed by atoms with Crippen LogP contribution in [0.25, 0.3) is 0 Å². The highest BCUT2D eigenvalue weighted by Gasteiger charge is 2.19. The van der Waals surface area contributed by atoms with Crippen molar-refractivity contribution in [3.8, 4) is 11.6 Å². The van der Waals surface area contributed by atoms with E-state index in [4.69, 9.17) is 27.9 Å². The number of aromatic amines is 1. The first-order valence-electron chi connectivity index (χ1n) is 7.46. The predicted molar refractivity (Wildman–Crippen MR) is 95.0 cm³/mol. The second-order valence-electron chi connectivity index (χ2n) is 5.73. The highest BCUT2D eigenvalue weighted by Crippen LogP contribution is 2.37. The number of hydrogen-bond donors (Lipinski definition) is 2. The number of rotatable bonds is 4. The maximum absolute atomic E-state index is 11.7. The number of aromatic nitrogens is 2. The van der Waals surface area contributed by atoms with Crippen molar-refractivity contribution in [1.82, 2.24) is 15.5 Å². The Morgan fingerprint density at radius 2 is 1.84 bits per heavy atom. The Morgan fingerprint density at radius 1 is 1.16 bits per heavy atom. The van der Waals surface area contributed by atoms with Gasteiger partial charge in [0.15, 0.2) is 5.75 Å². The maximum atomic E-state index is 11.7. The Labute approximate surface area is 153 Å². The van der Waals surface area contributed by atoms with Crippen LogP contribution in [0.15, 0.2) is 28.0 Å². The van der Waals surface area contributed by atoms with Gasteiger partial charge in [-0.25, -0.2) is 5.10 Å². The van der Waals surface area contributed by atoms with Gasteiger partial charge in [0.2, 0.25) is 11.8 Å². The van der Waals surface area contributed by atoms with Gasteiger partial charge in [-0.15, -0.1) is 5.10 Å². The van der Waals surface area contributed by atoms with Crippen LogP contribution in [0.5, 0.6) is 11.6 Å². The Hall–Kier alpha value is -2.38. The third kappa shape index (κ3) is 3.67. The molecule has 1 aromatic heterocycles. The van der Waals surface area contributed by atoms with E-state index in [-0.39, 0.29) is 45.6 Å². The number of ether oxygens (including phenoxy) is 1. The van der Waals surface area contributed by atoms with Gasteiger partial charge >= 0.3 is 0 Å². The van der Waals surface area contributed by atoms with Gasteiger partial charge in [-0.3, -0.25) is 14.6 Å². The normalized spacial score (nSPS) is 13.8. The van der Waals surface area contributed by atoms with E-state index >= 15 is 0 Å². The Balaban J connectivity index is 1.92. The summed E-state index contributed by atoms with van der Waals surface area (Å²) in [4.78, 5) is 27.1. The van der Waals surface area contributed by atoms with Crippen molar-refractivity contribution < 1.29 is 9.53 Å². The van der Waals surface area contributed by atoms with Crippen molar-refractivity contribution in [2.24, 2.45) is 4.99 Å².